The first kappa shape index (κ1) is 6.98. The van der Waals surface area contributed by atoms with Crippen LogP contribution < -0.4 is 0 Å². The van der Waals surface area contributed by atoms with Crippen LogP contribution in [0.5, 0.6) is 0 Å². The molecule has 0 N–H and O–H groups in total. The molecule has 0 spiro atoms. The number of halogens is 1. The summed E-state index contributed by atoms with van der Waals surface area (Å²) in [6, 6.07) is 0. The summed E-state index contributed by atoms with van der Waals surface area (Å²) < 4.78 is 0.754. The third kappa shape index (κ3) is 1.68. The molecule has 5 nitrogen and oxygen atoms in total. The lowest BCUT2D eigenvalue weighted by Crippen LogP contribution is -1.76. The van der Waals surface area contributed by atoms with E-state index < -0.39 is 0 Å². The minimum atomic E-state index is 0.130. The molecule has 0 fully saturated rings. The summed E-state index contributed by atoms with van der Waals surface area (Å²) in [5.74, 6) is 0.130. The Morgan fingerprint density at radius 3 is 2.60 bits per heavy atom. The summed E-state index contributed by atoms with van der Waals surface area (Å²) in [5, 5.41) is 3.19. The molecule has 0 radical (unpaired) electrons. The maximum atomic E-state index is 7.96. The van der Waals surface area contributed by atoms with Gasteiger partial charge >= 0.3 is 0 Å². The van der Waals surface area contributed by atoms with Gasteiger partial charge in [0.15, 0.2) is 0 Å². The van der Waals surface area contributed by atoms with Gasteiger partial charge in [-0.25, -0.2) is 9.97 Å². The molecule has 6 heteroatoms. The average molecular weight is 200 g/mol. The molecule has 0 amide bonds. The van der Waals surface area contributed by atoms with E-state index in [4.69, 9.17) is 5.53 Å². The Morgan fingerprint density at radius 2 is 2.10 bits per heavy atom. The van der Waals surface area contributed by atoms with Gasteiger partial charge in [0.05, 0.1) is 4.47 Å². The second-order valence-corrected chi connectivity index (χ2v) is 2.31. The van der Waals surface area contributed by atoms with Crippen LogP contribution in [0.2, 0.25) is 0 Å². The minimum Gasteiger partial charge on any atom is -0.234 e. The molecule has 0 aliphatic heterocycles. The van der Waals surface area contributed by atoms with Crippen molar-refractivity contribution in [2.75, 3.05) is 0 Å². The normalized spacial score (nSPS) is 8.50. The van der Waals surface area contributed by atoms with E-state index in [0.717, 1.165) is 4.47 Å². The van der Waals surface area contributed by atoms with Crippen molar-refractivity contribution in [1.82, 2.24) is 9.97 Å². The summed E-state index contributed by atoms with van der Waals surface area (Å²) in [6.45, 7) is 0. The minimum absolute atomic E-state index is 0.130. The van der Waals surface area contributed by atoms with Gasteiger partial charge in [-0.3, -0.25) is 0 Å². The number of aromatic nitrogens is 2. The Morgan fingerprint density at radius 1 is 1.50 bits per heavy atom. The van der Waals surface area contributed by atoms with Gasteiger partial charge in [0.25, 0.3) is 0 Å². The topological polar surface area (TPSA) is 74.5 Å². The summed E-state index contributed by atoms with van der Waals surface area (Å²) in [7, 11) is 0. The standard InChI is InChI=1S/C4H2BrN5/c5-3-1-7-4(8-2-3)9-10-6/h1-2H. The molecule has 0 aliphatic carbocycles. The van der Waals surface area contributed by atoms with Crippen LogP contribution >= 0.6 is 15.9 Å². The van der Waals surface area contributed by atoms with Gasteiger partial charge in [0.2, 0.25) is 5.95 Å². The first-order valence-corrected chi connectivity index (χ1v) is 3.15. The highest BCUT2D eigenvalue weighted by molar-refractivity contribution is 9.10. The lowest BCUT2D eigenvalue weighted by molar-refractivity contribution is 1.11. The molecule has 0 aliphatic rings. The van der Waals surface area contributed by atoms with E-state index >= 15 is 0 Å². The lowest BCUT2D eigenvalue weighted by Gasteiger charge is -1.87. The highest BCUT2D eigenvalue weighted by Gasteiger charge is 1.88. The van der Waals surface area contributed by atoms with Crippen molar-refractivity contribution in [1.29, 1.82) is 0 Å². The number of azide groups is 1. The van der Waals surface area contributed by atoms with Crippen LogP contribution in [0.4, 0.5) is 5.95 Å². The molecule has 1 rings (SSSR count). The second-order valence-electron chi connectivity index (χ2n) is 1.39. The van der Waals surface area contributed by atoms with Gasteiger partial charge in [-0.2, -0.15) is 0 Å². The predicted octanol–water partition coefficient (Wildman–Crippen LogP) is 2.18. The number of hydrogen-bond donors (Lipinski definition) is 0. The molecule has 1 heterocycles. The van der Waals surface area contributed by atoms with Crippen molar-refractivity contribution in [2.24, 2.45) is 5.11 Å². The van der Waals surface area contributed by atoms with Crippen LogP contribution in [-0.4, -0.2) is 9.97 Å². The van der Waals surface area contributed by atoms with Crippen LogP contribution in [-0.2, 0) is 0 Å². The molecule has 50 valence electrons. The molecule has 0 aromatic carbocycles. The van der Waals surface area contributed by atoms with Crippen molar-refractivity contribution in [3.8, 4) is 0 Å². The van der Waals surface area contributed by atoms with Crippen molar-refractivity contribution in [3.05, 3.63) is 27.3 Å². The van der Waals surface area contributed by atoms with E-state index in [2.05, 4.69) is 35.9 Å². The fourth-order valence-corrected chi connectivity index (χ4v) is 0.602. The first-order valence-electron chi connectivity index (χ1n) is 2.35. The van der Waals surface area contributed by atoms with Gasteiger partial charge in [0, 0.05) is 17.3 Å². The summed E-state index contributed by atoms with van der Waals surface area (Å²) >= 11 is 3.14. The molecule has 0 unspecified atom stereocenters. The van der Waals surface area contributed by atoms with Crippen molar-refractivity contribution >= 4 is 21.9 Å². The van der Waals surface area contributed by atoms with Gasteiger partial charge in [-0.05, 0) is 26.6 Å². The summed E-state index contributed by atoms with van der Waals surface area (Å²) in [4.78, 5) is 9.90. The van der Waals surface area contributed by atoms with E-state index in [1.54, 1.807) is 0 Å². The van der Waals surface area contributed by atoms with Crippen LogP contribution in [0.3, 0.4) is 0 Å². The number of hydrogen-bond acceptors (Lipinski definition) is 3. The SMILES string of the molecule is [N-]=[N+]=Nc1ncc(Br)cn1. The zero-order valence-corrected chi connectivity index (χ0v) is 6.35. The summed E-state index contributed by atoms with van der Waals surface area (Å²) in [6.07, 6.45) is 3.02. The smallest absolute Gasteiger partial charge is 0.216 e. The molecular formula is C4H2BrN5. The Hall–Kier alpha value is -1.13. The molecule has 1 aromatic heterocycles. The maximum Gasteiger partial charge on any atom is 0.216 e. The highest BCUT2D eigenvalue weighted by atomic mass is 79.9. The molecule has 0 atom stereocenters. The third-order valence-corrected chi connectivity index (χ3v) is 1.15. The van der Waals surface area contributed by atoms with Gasteiger partial charge in [-0.1, -0.05) is 0 Å². The highest BCUT2D eigenvalue weighted by Crippen LogP contribution is 2.08. The Labute approximate surface area is 64.9 Å². The maximum absolute atomic E-state index is 7.96. The molecular weight excluding hydrogens is 198 g/mol. The monoisotopic (exact) mass is 199 g/mol. The lowest BCUT2D eigenvalue weighted by atomic mass is 10.7. The molecule has 10 heavy (non-hydrogen) atoms. The Bertz CT molecular complexity index is 261. The zero-order valence-electron chi connectivity index (χ0n) is 4.77. The fraction of sp³-hybridized carbons (Fsp3) is 0. The van der Waals surface area contributed by atoms with E-state index in [1.807, 2.05) is 0 Å². The van der Waals surface area contributed by atoms with Crippen LogP contribution in [0.15, 0.2) is 22.0 Å². The molecule has 0 saturated heterocycles. The largest absolute Gasteiger partial charge is 0.234 e. The Balaban J connectivity index is 3.00. The van der Waals surface area contributed by atoms with Gasteiger partial charge in [0.1, 0.15) is 0 Å². The van der Waals surface area contributed by atoms with Crippen molar-refractivity contribution in [3.63, 3.8) is 0 Å². The van der Waals surface area contributed by atoms with Gasteiger partial charge < -0.3 is 0 Å². The predicted molar refractivity (Wildman–Crippen MR) is 38.5 cm³/mol. The van der Waals surface area contributed by atoms with E-state index in [-0.39, 0.29) is 5.95 Å². The molecule has 0 bridgehead atoms. The van der Waals surface area contributed by atoms with Crippen LogP contribution in [0.25, 0.3) is 10.4 Å². The first-order chi connectivity index (χ1) is 4.83. The number of rotatable bonds is 1. The van der Waals surface area contributed by atoms with Crippen LogP contribution in [0, 0.1) is 0 Å². The molecule has 0 saturated carbocycles. The van der Waals surface area contributed by atoms with E-state index in [9.17, 15) is 0 Å². The van der Waals surface area contributed by atoms with Gasteiger partial charge in [-0.15, -0.1) is 0 Å². The van der Waals surface area contributed by atoms with Crippen LogP contribution in [0.1, 0.15) is 0 Å². The van der Waals surface area contributed by atoms with E-state index in [1.165, 1.54) is 12.4 Å². The average Bonchev–Trinajstić information content (AvgIpc) is 1.95. The summed E-state index contributed by atoms with van der Waals surface area (Å²) in [5.41, 5.74) is 7.96. The fourth-order valence-electron chi connectivity index (χ4n) is 0.397. The van der Waals surface area contributed by atoms with Crippen molar-refractivity contribution in [2.45, 2.75) is 0 Å². The van der Waals surface area contributed by atoms with E-state index in [0.29, 0.717) is 0 Å². The number of nitrogens with zero attached hydrogens (tertiary/aromatic N) is 5. The third-order valence-electron chi connectivity index (χ3n) is 0.741. The zero-order chi connectivity index (χ0) is 7.40. The second kappa shape index (κ2) is 3.14. The molecule has 1 aromatic rings. The van der Waals surface area contributed by atoms with Crippen molar-refractivity contribution < 1.29 is 0 Å². The Kier molecular flexibility index (Phi) is 2.20. The quantitative estimate of drug-likeness (QED) is 0.395.